The molecule has 1 atom stereocenters. The number of halogens is 1. The van der Waals surface area contributed by atoms with E-state index in [9.17, 15) is 0 Å². The largest absolute Gasteiger partial charge is 0.147 e. The quantitative estimate of drug-likeness (QED) is 0.709. The van der Waals surface area contributed by atoms with Crippen LogP contribution in [0.25, 0.3) is 0 Å². The van der Waals surface area contributed by atoms with Gasteiger partial charge in [0.15, 0.2) is 0 Å². The minimum absolute atomic E-state index is 0.336. The van der Waals surface area contributed by atoms with Gasteiger partial charge in [-0.1, -0.05) is 53.2 Å². The van der Waals surface area contributed by atoms with Crippen molar-refractivity contribution in [3.05, 3.63) is 57.8 Å². The number of hydrogen-bond acceptors (Lipinski definition) is 1. The fourth-order valence-electron chi connectivity index (χ4n) is 1.52. The van der Waals surface area contributed by atoms with Crippen LogP contribution >= 0.6 is 27.3 Å². The Balaban J connectivity index is 2.22. The highest BCUT2D eigenvalue weighted by molar-refractivity contribution is 9.09. The van der Waals surface area contributed by atoms with Gasteiger partial charge < -0.3 is 0 Å². The Morgan fingerprint density at radius 2 is 1.93 bits per heavy atom. The number of thiophene rings is 1. The van der Waals surface area contributed by atoms with Crippen LogP contribution in [0.3, 0.4) is 0 Å². The van der Waals surface area contributed by atoms with Crippen LogP contribution in [0, 0.1) is 0 Å². The smallest absolute Gasteiger partial charge is 0.0738 e. The topological polar surface area (TPSA) is 0 Å². The van der Waals surface area contributed by atoms with E-state index in [0.717, 1.165) is 6.42 Å². The molecular formula is C13H13BrS. The minimum atomic E-state index is 0.336. The van der Waals surface area contributed by atoms with E-state index in [0.29, 0.717) is 4.83 Å². The lowest BCUT2D eigenvalue weighted by Crippen LogP contribution is -1.90. The van der Waals surface area contributed by atoms with Gasteiger partial charge >= 0.3 is 0 Å². The maximum Gasteiger partial charge on any atom is 0.0738 e. The first-order valence-electron chi connectivity index (χ1n) is 5.07. The van der Waals surface area contributed by atoms with Gasteiger partial charge in [-0.3, -0.25) is 0 Å². The summed E-state index contributed by atoms with van der Waals surface area (Å²) in [6, 6.07) is 13.1. The highest BCUT2D eigenvalue weighted by atomic mass is 79.9. The Labute approximate surface area is 103 Å². The van der Waals surface area contributed by atoms with Crippen molar-refractivity contribution in [1.82, 2.24) is 0 Å². The molecule has 15 heavy (non-hydrogen) atoms. The normalized spacial score (nSPS) is 12.7. The predicted molar refractivity (Wildman–Crippen MR) is 70.9 cm³/mol. The zero-order valence-electron chi connectivity index (χ0n) is 8.61. The Morgan fingerprint density at radius 3 is 2.47 bits per heavy atom. The summed E-state index contributed by atoms with van der Waals surface area (Å²) < 4.78 is 0. The van der Waals surface area contributed by atoms with Crippen LogP contribution in [0.2, 0.25) is 0 Å². The van der Waals surface area contributed by atoms with Gasteiger partial charge in [0, 0.05) is 4.88 Å². The van der Waals surface area contributed by atoms with Crippen molar-refractivity contribution in [2.75, 3.05) is 0 Å². The highest BCUT2D eigenvalue weighted by Crippen LogP contribution is 2.33. The first kappa shape index (κ1) is 10.9. The van der Waals surface area contributed by atoms with Gasteiger partial charge in [0.2, 0.25) is 0 Å². The number of alkyl halides is 1. The van der Waals surface area contributed by atoms with Gasteiger partial charge in [0.1, 0.15) is 0 Å². The zero-order chi connectivity index (χ0) is 10.7. The summed E-state index contributed by atoms with van der Waals surface area (Å²) in [6.07, 6.45) is 1.10. The van der Waals surface area contributed by atoms with E-state index in [1.165, 1.54) is 16.0 Å². The van der Waals surface area contributed by atoms with Crippen LogP contribution in [-0.2, 0) is 6.42 Å². The number of hydrogen-bond donors (Lipinski definition) is 0. The van der Waals surface area contributed by atoms with Crippen LogP contribution < -0.4 is 0 Å². The van der Waals surface area contributed by atoms with Crippen molar-refractivity contribution in [1.29, 1.82) is 0 Å². The number of aryl methyl sites for hydroxylation is 1. The molecule has 0 amide bonds. The average molecular weight is 281 g/mol. The molecule has 0 aliphatic heterocycles. The standard InChI is InChI=1S/C13H13BrS/c1-2-10-5-7-11(8-6-10)13(14)12-4-3-9-15-12/h3-9,13H,2H2,1H3. The lowest BCUT2D eigenvalue weighted by atomic mass is 10.1. The van der Waals surface area contributed by atoms with E-state index < -0.39 is 0 Å². The van der Waals surface area contributed by atoms with E-state index in [4.69, 9.17) is 0 Å². The molecule has 0 spiro atoms. The van der Waals surface area contributed by atoms with Crippen LogP contribution in [0.5, 0.6) is 0 Å². The molecule has 2 aromatic rings. The van der Waals surface area contributed by atoms with Gasteiger partial charge in [0.05, 0.1) is 4.83 Å². The van der Waals surface area contributed by atoms with E-state index in [2.05, 4.69) is 64.6 Å². The maximum absolute atomic E-state index is 3.73. The van der Waals surface area contributed by atoms with E-state index >= 15 is 0 Å². The van der Waals surface area contributed by atoms with Crippen LogP contribution in [0.4, 0.5) is 0 Å². The summed E-state index contributed by atoms with van der Waals surface area (Å²) in [5.74, 6) is 0. The SMILES string of the molecule is CCc1ccc(C(Br)c2cccs2)cc1. The third-order valence-corrected chi connectivity index (χ3v) is 4.74. The maximum atomic E-state index is 3.73. The Bertz CT molecular complexity index is 403. The van der Waals surface area contributed by atoms with Crippen molar-refractivity contribution in [2.45, 2.75) is 18.2 Å². The van der Waals surface area contributed by atoms with Crippen molar-refractivity contribution < 1.29 is 0 Å². The predicted octanol–water partition coefficient (Wildman–Crippen LogP) is 4.79. The third-order valence-electron chi connectivity index (χ3n) is 2.47. The highest BCUT2D eigenvalue weighted by Gasteiger charge is 2.10. The number of benzene rings is 1. The van der Waals surface area contributed by atoms with E-state index in [-0.39, 0.29) is 0 Å². The zero-order valence-corrected chi connectivity index (χ0v) is 11.0. The van der Waals surface area contributed by atoms with Crippen molar-refractivity contribution >= 4 is 27.3 Å². The molecular weight excluding hydrogens is 268 g/mol. The fraction of sp³-hybridized carbons (Fsp3) is 0.231. The van der Waals surface area contributed by atoms with Crippen LogP contribution in [0.15, 0.2) is 41.8 Å². The van der Waals surface area contributed by atoms with Crippen molar-refractivity contribution in [3.63, 3.8) is 0 Å². The molecule has 1 heterocycles. The molecule has 0 bridgehead atoms. The van der Waals surface area contributed by atoms with E-state index in [1.54, 1.807) is 11.3 Å². The molecule has 0 aliphatic rings. The molecule has 0 aliphatic carbocycles. The molecule has 1 aromatic carbocycles. The molecule has 78 valence electrons. The van der Waals surface area contributed by atoms with Crippen molar-refractivity contribution in [3.8, 4) is 0 Å². The average Bonchev–Trinajstić information content (AvgIpc) is 2.82. The third kappa shape index (κ3) is 2.50. The molecule has 0 nitrogen and oxygen atoms in total. The molecule has 0 radical (unpaired) electrons. The Kier molecular flexibility index (Phi) is 3.60. The second kappa shape index (κ2) is 4.95. The fourth-order valence-corrected chi connectivity index (χ4v) is 3.03. The molecule has 1 aromatic heterocycles. The monoisotopic (exact) mass is 280 g/mol. The molecule has 0 saturated carbocycles. The first-order chi connectivity index (χ1) is 7.31. The molecule has 1 unspecified atom stereocenters. The second-order valence-electron chi connectivity index (χ2n) is 3.47. The van der Waals surface area contributed by atoms with Gasteiger partial charge in [-0.05, 0) is 29.0 Å². The summed E-state index contributed by atoms with van der Waals surface area (Å²) >= 11 is 5.52. The van der Waals surface area contributed by atoms with Crippen molar-refractivity contribution in [2.24, 2.45) is 0 Å². The van der Waals surface area contributed by atoms with E-state index in [1.807, 2.05) is 0 Å². The van der Waals surface area contributed by atoms with Crippen LogP contribution in [0.1, 0.15) is 27.8 Å². The molecule has 0 fully saturated rings. The molecule has 0 N–H and O–H groups in total. The Hall–Kier alpha value is -0.600. The molecule has 2 heteroatoms. The summed E-state index contributed by atoms with van der Waals surface area (Å²) in [6.45, 7) is 2.18. The second-order valence-corrected chi connectivity index (χ2v) is 5.37. The summed E-state index contributed by atoms with van der Waals surface area (Å²) in [5.41, 5.74) is 2.72. The lowest BCUT2D eigenvalue weighted by molar-refractivity contribution is 1.12. The Morgan fingerprint density at radius 1 is 1.20 bits per heavy atom. The van der Waals surface area contributed by atoms with Gasteiger partial charge in [-0.25, -0.2) is 0 Å². The lowest BCUT2D eigenvalue weighted by Gasteiger charge is -2.08. The van der Waals surface area contributed by atoms with Gasteiger partial charge in [-0.15, -0.1) is 11.3 Å². The van der Waals surface area contributed by atoms with Gasteiger partial charge in [0.25, 0.3) is 0 Å². The number of rotatable bonds is 3. The van der Waals surface area contributed by atoms with Crippen LogP contribution in [-0.4, -0.2) is 0 Å². The summed E-state index contributed by atoms with van der Waals surface area (Å²) in [7, 11) is 0. The first-order valence-corrected chi connectivity index (χ1v) is 6.87. The van der Waals surface area contributed by atoms with Gasteiger partial charge in [-0.2, -0.15) is 0 Å². The minimum Gasteiger partial charge on any atom is -0.147 e. The summed E-state index contributed by atoms with van der Waals surface area (Å²) in [4.78, 5) is 1.70. The molecule has 0 saturated heterocycles. The molecule has 2 rings (SSSR count). The summed E-state index contributed by atoms with van der Waals surface area (Å²) in [5, 5.41) is 2.12.